The van der Waals surface area contributed by atoms with E-state index in [1.54, 1.807) is 29.2 Å². The molecular weight excluding hydrogens is 320 g/mol. The molecule has 1 N–H and O–H groups in total. The van der Waals surface area contributed by atoms with E-state index < -0.39 is 4.87 Å². The normalized spacial score (nSPS) is 23.0. The van der Waals surface area contributed by atoms with E-state index in [-0.39, 0.29) is 17.6 Å². The van der Waals surface area contributed by atoms with Gasteiger partial charge in [0.25, 0.3) is 5.91 Å². The third kappa shape index (κ3) is 1.72. The van der Waals surface area contributed by atoms with Gasteiger partial charge in [-0.05, 0) is 24.3 Å². The smallest absolute Gasteiger partial charge is 0.266 e. The first kappa shape index (κ1) is 13.7. The number of fused-ring (bicyclic) bond motifs is 2. The molecule has 2 aromatic carbocycles. The number of hydrogen-bond donors (Lipinski definition) is 1. The molecule has 110 valence electrons. The summed E-state index contributed by atoms with van der Waals surface area (Å²) in [5, 5.41) is 3.41. The Balaban J connectivity index is 1.94. The lowest BCUT2D eigenvalue weighted by Gasteiger charge is -2.32. The van der Waals surface area contributed by atoms with Gasteiger partial charge in [0.2, 0.25) is 10.8 Å². The zero-order valence-corrected chi connectivity index (χ0v) is 12.9. The Morgan fingerprint density at radius 3 is 2.77 bits per heavy atom. The summed E-state index contributed by atoms with van der Waals surface area (Å²) in [4.78, 5) is 25.7. The topological polar surface area (TPSA) is 49.4 Å². The summed E-state index contributed by atoms with van der Waals surface area (Å²) in [6.07, 6.45) is 0. The molecule has 2 aliphatic rings. The van der Waals surface area contributed by atoms with Crippen LogP contribution in [0.4, 0.5) is 11.4 Å². The van der Waals surface area contributed by atoms with E-state index in [1.165, 1.54) is 11.8 Å². The molecule has 0 saturated carbocycles. The van der Waals surface area contributed by atoms with Crippen molar-refractivity contribution in [3.8, 4) is 0 Å². The van der Waals surface area contributed by atoms with E-state index >= 15 is 0 Å². The molecule has 1 spiro atoms. The lowest BCUT2D eigenvalue weighted by atomic mass is 10.0. The van der Waals surface area contributed by atoms with Gasteiger partial charge in [0.05, 0.1) is 5.75 Å². The molecule has 0 aromatic heterocycles. The second-order valence-electron chi connectivity index (χ2n) is 5.14. The highest BCUT2D eigenvalue weighted by atomic mass is 35.5. The van der Waals surface area contributed by atoms with Crippen molar-refractivity contribution in [3.05, 3.63) is 59.1 Å². The Kier molecular flexibility index (Phi) is 2.96. The fourth-order valence-electron chi connectivity index (χ4n) is 2.99. The van der Waals surface area contributed by atoms with Gasteiger partial charge >= 0.3 is 0 Å². The minimum Gasteiger partial charge on any atom is -0.323 e. The first-order valence-electron chi connectivity index (χ1n) is 6.76. The van der Waals surface area contributed by atoms with Crippen LogP contribution in [0.15, 0.2) is 48.5 Å². The molecule has 2 heterocycles. The van der Waals surface area contributed by atoms with Gasteiger partial charge in [0, 0.05) is 22.0 Å². The molecule has 4 rings (SSSR count). The van der Waals surface area contributed by atoms with Crippen LogP contribution in [-0.4, -0.2) is 17.6 Å². The summed E-state index contributed by atoms with van der Waals surface area (Å²) < 4.78 is 0. The van der Waals surface area contributed by atoms with Crippen LogP contribution in [0.3, 0.4) is 0 Å². The molecule has 0 aliphatic carbocycles. The Bertz CT molecular complexity index is 810. The number of thioether (sulfide) groups is 1. The Hall–Kier alpha value is -1.98. The van der Waals surface area contributed by atoms with E-state index in [4.69, 9.17) is 11.6 Å². The highest BCUT2D eigenvalue weighted by molar-refractivity contribution is 8.02. The molecule has 0 bridgehead atoms. The lowest BCUT2D eigenvalue weighted by molar-refractivity contribution is -0.122. The molecule has 2 aliphatic heterocycles. The number of nitrogens with one attached hydrogen (secondary N) is 1. The number of nitrogens with zero attached hydrogens (tertiary/aromatic N) is 1. The van der Waals surface area contributed by atoms with Crippen molar-refractivity contribution in [1.29, 1.82) is 0 Å². The number of benzene rings is 2. The number of halogens is 1. The van der Waals surface area contributed by atoms with Crippen molar-refractivity contribution in [2.24, 2.45) is 0 Å². The van der Waals surface area contributed by atoms with Crippen LogP contribution in [0.1, 0.15) is 5.56 Å². The minimum absolute atomic E-state index is 0.0980. The first-order valence-corrected chi connectivity index (χ1v) is 8.13. The summed E-state index contributed by atoms with van der Waals surface area (Å²) in [6, 6.07) is 14.5. The van der Waals surface area contributed by atoms with Crippen molar-refractivity contribution in [3.63, 3.8) is 0 Å². The SMILES string of the molecule is O=C1CSC2(C(=O)Nc3ccccc32)N1c1cccc(Cl)c1. The van der Waals surface area contributed by atoms with Crippen LogP contribution < -0.4 is 10.2 Å². The second-order valence-corrected chi connectivity index (χ2v) is 6.75. The number of rotatable bonds is 1. The van der Waals surface area contributed by atoms with Gasteiger partial charge in [-0.3, -0.25) is 14.5 Å². The molecule has 1 unspecified atom stereocenters. The number of para-hydroxylation sites is 1. The highest BCUT2D eigenvalue weighted by Gasteiger charge is 2.58. The minimum atomic E-state index is -1.04. The molecule has 22 heavy (non-hydrogen) atoms. The van der Waals surface area contributed by atoms with Gasteiger partial charge in [0.1, 0.15) is 0 Å². The summed E-state index contributed by atoms with van der Waals surface area (Å²) >= 11 is 7.40. The molecule has 1 saturated heterocycles. The Morgan fingerprint density at radius 2 is 1.95 bits per heavy atom. The summed E-state index contributed by atoms with van der Waals surface area (Å²) in [6.45, 7) is 0. The van der Waals surface area contributed by atoms with Gasteiger partial charge in [-0.15, -0.1) is 11.8 Å². The lowest BCUT2D eigenvalue weighted by Crippen LogP contribution is -2.47. The van der Waals surface area contributed by atoms with E-state index in [9.17, 15) is 9.59 Å². The van der Waals surface area contributed by atoms with Gasteiger partial charge in [0.15, 0.2) is 0 Å². The van der Waals surface area contributed by atoms with Gasteiger partial charge in [-0.2, -0.15) is 0 Å². The number of anilines is 2. The molecule has 1 atom stereocenters. The molecule has 1 fully saturated rings. The average Bonchev–Trinajstić information content (AvgIpc) is 2.99. The molecule has 2 aromatic rings. The zero-order chi connectivity index (χ0) is 15.3. The molecule has 6 heteroatoms. The zero-order valence-electron chi connectivity index (χ0n) is 11.4. The van der Waals surface area contributed by atoms with Crippen LogP contribution in [0.5, 0.6) is 0 Å². The maximum Gasteiger partial charge on any atom is 0.266 e. The van der Waals surface area contributed by atoms with E-state index in [0.29, 0.717) is 10.7 Å². The molecule has 4 nitrogen and oxygen atoms in total. The van der Waals surface area contributed by atoms with Crippen molar-refractivity contribution >= 4 is 46.6 Å². The van der Waals surface area contributed by atoms with Gasteiger partial charge < -0.3 is 5.32 Å². The summed E-state index contributed by atoms with van der Waals surface area (Å²) in [5.41, 5.74) is 2.20. The molecule has 2 amide bonds. The summed E-state index contributed by atoms with van der Waals surface area (Å²) in [7, 11) is 0. The highest BCUT2D eigenvalue weighted by Crippen LogP contribution is 2.53. The van der Waals surface area contributed by atoms with Gasteiger partial charge in [-0.25, -0.2) is 0 Å². The predicted octanol–water partition coefficient (Wildman–Crippen LogP) is 3.22. The quantitative estimate of drug-likeness (QED) is 0.873. The molecule has 0 radical (unpaired) electrons. The number of amides is 2. The van der Waals surface area contributed by atoms with Gasteiger partial charge in [-0.1, -0.05) is 35.9 Å². The maximum absolute atomic E-state index is 12.7. The fraction of sp³-hybridized carbons (Fsp3) is 0.125. The fourth-order valence-corrected chi connectivity index (χ4v) is 4.49. The molecular formula is C16H11ClN2O2S. The van der Waals surface area contributed by atoms with Crippen molar-refractivity contribution in [2.45, 2.75) is 4.87 Å². The van der Waals surface area contributed by atoms with Crippen molar-refractivity contribution in [1.82, 2.24) is 0 Å². The number of carbonyl (C=O) groups is 2. The third-order valence-corrected chi connectivity index (χ3v) is 5.52. The van der Waals surface area contributed by atoms with Crippen LogP contribution >= 0.6 is 23.4 Å². The standard InChI is InChI=1S/C16H11ClN2O2S/c17-10-4-3-5-11(8-10)19-14(20)9-22-16(19)12-6-1-2-7-13(12)18-15(16)21/h1-8H,9H2,(H,18,21). The van der Waals surface area contributed by atoms with E-state index in [2.05, 4.69) is 5.32 Å². The number of hydrogen-bond acceptors (Lipinski definition) is 3. The van der Waals surface area contributed by atoms with E-state index in [0.717, 1.165) is 11.3 Å². The first-order chi connectivity index (χ1) is 10.6. The number of carbonyl (C=O) groups excluding carboxylic acids is 2. The Morgan fingerprint density at radius 1 is 1.14 bits per heavy atom. The maximum atomic E-state index is 12.7. The third-order valence-electron chi connectivity index (χ3n) is 3.88. The van der Waals surface area contributed by atoms with Crippen LogP contribution in [0.25, 0.3) is 0 Å². The largest absolute Gasteiger partial charge is 0.323 e. The predicted molar refractivity (Wildman–Crippen MR) is 88.1 cm³/mol. The average molecular weight is 331 g/mol. The van der Waals surface area contributed by atoms with Crippen LogP contribution in [0.2, 0.25) is 5.02 Å². The Labute approximate surface area is 136 Å². The monoisotopic (exact) mass is 330 g/mol. The van der Waals surface area contributed by atoms with Crippen LogP contribution in [-0.2, 0) is 14.5 Å². The summed E-state index contributed by atoms with van der Waals surface area (Å²) in [5.74, 6) is -0.0301. The second kappa shape index (κ2) is 4.76. The van der Waals surface area contributed by atoms with Crippen molar-refractivity contribution < 1.29 is 9.59 Å². The van der Waals surface area contributed by atoms with Crippen LogP contribution in [0, 0.1) is 0 Å². The van der Waals surface area contributed by atoms with E-state index in [1.807, 2.05) is 24.3 Å². The van der Waals surface area contributed by atoms with Crippen molar-refractivity contribution in [2.75, 3.05) is 16.0 Å².